The van der Waals surface area contributed by atoms with Gasteiger partial charge < -0.3 is 23.8 Å². The minimum atomic E-state index is -1.58. The Hall–Kier alpha value is -2.61. The summed E-state index contributed by atoms with van der Waals surface area (Å²) in [6.45, 7) is 15.6. The molecule has 14 heteroatoms. The molecule has 5 rings (SSSR count). The molecule has 50 heavy (non-hydrogen) atoms. The predicted molar refractivity (Wildman–Crippen MR) is 203 cm³/mol. The van der Waals surface area contributed by atoms with E-state index in [0.29, 0.717) is 23.3 Å². The van der Waals surface area contributed by atoms with Crippen LogP contribution < -0.4 is 5.32 Å². The second kappa shape index (κ2) is 17.3. The molecule has 1 saturated heterocycles. The maximum atomic E-state index is 12.9. The summed E-state index contributed by atoms with van der Waals surface area (Å²) in [7, 11) is 3.68. The molecule has 2 aromatic carbocycles. The van der Waals surface area contributed by atoms with E-state index in [4.69, 9.17) is 19.9 Å². The van der Waals surface area contributed by atoms with Crippen molar-refractivity contribution < 1.29 is 24.7 Å². The summed E-state index contributed by atoms with van der Waals surface area (Å²) < 4.78 is 38.7. The Bertz CT molecular complexity index is 1720. The third kappa shape index (κ3) is 9.43. The summed E-state index contributed by atoms with van der Waals surface area (Å²) >= 11 is 0. The first kappa shape index (κ1) is 37.2. The van der Waals surface area contributed by atoms with Gasteiger partial charge in [-0.3, -0.25) is 9.36 Å². The molecule has 0 spiro atoms. The Kier molecular flexibility index (Phi) is 12.8. The average Bonchev–Trinajstić information content (AvgIpc) is 3.69. The summed E-state index contributed by atoms with van der Waals surface area (Å²) in [5.41, 5.74) is 2.59. The van der Waals surface area contributed by atoms with Crippen molar-refractivity contribution >= 4 is 53.0 Å². The summed E-state index contributed by atoms with van der Waals surface area (Å²) in [5.74, 6) is -0.0261. The molecule has 1 N–H and O–H groups in total. The highest BCUT2D eigenvalue weighted by Gasteiger charge is 2.48. The number of imidazole rings is 1. The normalized spacial score (nSPS) is 20.6. The molecule has 0 saturated carbocycles. The Balaban J connectivity index is 1.37. The van der Waals surface area contributed by atoms with Gasteiger partial charge in [0.25, 0.3) is 14.4 Å². The Labute approximate surface area is 306 Å². The topological polar surface area (TPSA) is 113 Å². The molecule has 4 aromatic rings. The highest BCUT2D eigenvalue weighted by molar-refractivity contribution is 8.77. The summed E-state index contributed by atoms with van der Waals surface area (Å²) in [4.78, 5) is 27.5. The molecule has 0 aliphatic carbocycles. The first-order valence-corrected chi connectivity index (χ1v) is 20.0. The van der Waals surface area contributed by atoms with E-state index in [9.17, 15) is 4.79 Å². The molecule has 5 unspecified atom stereocenters. The molecule has 1 amide bonds. The van der Waals surface area contributed by atoms with E-state index in [0.717, 1.165) is 6.42 Å². The third-order valence-electron chi connectivity index (χ3n) is 7.84. The SMILES string of the molecule is [2H]CC1OC(n2cnc3c(NC(=O)c4ccccc4)ncnc32)C(OC)C1OP(OCCc1ccccc1SSC(C)(C)C)N(C(C)C)C(C)C. The minimum absolute atomic E-state index is 0.0520. The summed E-state index contributed by atoms with van der Waals surface area (Å²) in [6.07, 6.45) is 1.14. The fourth-order valence-corrected chi connectivity index (χ4v) is 9.66. The zero-order valence-corrected chi connectivity index (χ0v) is 32.5. The molecule has 270 valence electrons. The Morgan fingerprint density at radius 1 is 1.06 bits per heavy atom. The van der Waals surface area contributed by atoms with Crippen LogP contribution >= 0.6 is 30.1 Å². The lowest BCUT2D eigenvalue weighted by molar-refractivity contribution is -0.0466. The molecule has 3 heterocycles. The van der Waals surface area contributed by atoms with E-state index in [1.807, 2.05) is 16.9 Å². The van der Waals surface area contributed by atoms with Gasteiger partial charge in [0.2, 0.25) is 0 Å². The van der Waals surface area contributed by atoms with Crippen molar-refractivity contribution in [2.75, 3.05) is 19.0 Å². The molecule has 5 atom stereocenters. The number of methoxy groups -OCH3 is 1. The maximum absolute atomic E-state index is 12.9. The largest absolute Gasteiger partial charge is 0.374 e. The van der Waals surface area contributed by atoms with Crippen LogP contribution in [0.3, 0.4) is 0 Å². The number of benzene rings is 2. The molecule has 1 fully saturated rings. The number of carbonyl (C=O) groups excluding carboxylic acids is 1. The van der Waals surface area contributed by atoms with Gasteiger partial charge in [-0.1, -0.05) is 78.8 Å². The number of rotatable bonds is 15. The van der Waals surface area contributed by atoms with E-state index in [2.05, 4.69) is 97.7 Å². The second-order valence-electron chi connectivity index (χ2n) is 13.5. The van der Waals surface area contributed by atoms with Crippen LogP contribution in [-0.4, -0.2) is 79.0 Å². The number of carbonyl (C=O) groups is 1. The van der Waals surface area contributed by atoms with Gasteiger partial charge in [-0.15, -0.1) is 0 Å². The van der Waals surface area contributed by atoms with E-state index >= 15 is 0 Å². The van der Waals surface area contributed by atoms with Crippen molar-refractivity contribution in [3.63, 3.8) is 0 Å². The number of nitrogens with one attached hydrogen (secondary N) is 1. The van der Waals surface area contributed by atoms with Crippen LogP contribution in [0.25, 0.3) is 11.2 Å². The first-order valence-electron chi connectivity index (χ1n) is 17.5. The van der Waals surface area contributed by atoms with Gasteiger partial charge in [0.1, 0.15) is 18.5 Å². The number of hydrogen-bond acceptors (Lipinski definition) is 11. The average molecular weight is 742 g/mol. The Morgan fingerprint density at radius 3 is 2.46 bits per heavy atom. The molecular weight excluding hydrogens is 692 g/mol. The molecule has 1 aliphatic rings. The van der Waals surface area contributed by atoms with Gasteiger partial charge >= 0.3 is 0 Å². The van der Waals surface area contributed by atoms with Crippen LogP contribution in [0.4, 0.5) is 5.82 Å². The summed E-state index contributed by atoms with van der Waals surface area (Å²) in [5, 5.41) is 2.85. The quantitative estimate of drug-likeness (QED) is 0.0935. The lowest BCUT2D eigenvalue weighted by atomic mass is 10.1. The number of hydrogen-bond donors (Lipinski definition) is 1. The van der Waals surface area contributed by atoms with Crippen molar-refractivity contribution in [3.05, 3.63) is 78.4 Å². The standard InChI is InChI=1S/C36H49N6O5PS2/c1-23(2)42(24(3)4)48(45-20-19-26-15-13-14-18-28(26)49-50-36(6,7)8)47-30-25(5)46-35(31(30)44-9)41-22-39-29-32(37-21-38-33(29)41)40-34(43)27-16-11-10-12-17-27/h10-18,21-25,30-31,35H,19-20H2,1-9H3,(H,37,38,40,43)/i5D. The van der Waals surface area contributed by atoms with Crippen molar-refractivity contribution in [2.24, 2.45) is 0 Å². The molecule has 0 bridgehead atoms. The number of ether oxygens (including phenoxy) is 2. The van der Waals surface area contributed by atoms with Gasteiger partial charge in [-0.2, -0.15) is 0 Å². The lowest BCUT2D eigenvalue weighted by Crippen LogP contribution is -2.39. The number of fused-ring (bicyclic) bond motifs is 1. The summed E-state index contributed by atoms with van der Waals surface area (Å²) in [6, 6.07) is 17.6. The highest BCUT2D eigenvalue weighted by Crippen LogP contribution is 2.51. The maximum Gasteiger partial charge on any atom is 0.259 e. The van der Waals surface area contributed by atoms with Crippen molar-refractivity contribution in [2.45, 2.75) is 108 Å². The molecule has 11 nitrogen and oxygen atoms in total. The fraction of sp³-hybridized carbons (Fsp3) is 0.500. The van der Waals surface area contributed by atoms with Crippen LogP contribution in [0.15, 0.2) is 72.1 Å². The van der Waals surface area contributed by atoms with Crippen LogP contribution in [0.1, 0.15) is 78.9 Å². The second-order valence-corrected chi connectivity index (χ2v) is 17.9. The van der Waals surface area contributed by atoms with Crippen LogP contribution in [0.2, 0.25) is 0 Å². The number of nitrogens with zero attached hydrogens (tertiary/aromatic N) is 5. The van der Waals surface area contributed by atoms with Crippen molar-refractivity contribution in [3.8, 4) is 0 Å². The van der Waals surface area contributed by atoms with Crippen LogP contribution in [-0.2, 0) is 24.9 Å². The van der Waals surface area contributed by atoms with E-state index < -0.39 is 33.1 Å². The fourth-order valence-electron chi connectivity index (χ4n) is 5.63. The number of amides is 1. The number of aromatic nitrogens is 4. The molecule has 2 aromatic heterocycles. The minimum Gasteiger partial charge on any atom is -0.374 e. The van der Waals surface area contributed by atoms with Crippen LogP contribution in [0, 0.1) is 0 Å². The van der Waals surface area contributed by atoms with Gasteiger partial charge in [0.15, 0.2) is 23.2 Å². The highest BCUT2D eigenvalue weighted by atomic mass is 33.1. The zero-order chi connectivity index (χ0) is 36.7. The molecular formula is C36H49N6O5PS2. The van der Waals surface area contributed by atoms with Gasteiger partial charge in [-0.25, -0.2) is 19.6 Å². The smallest absolute Gasteiger partial charge is 0.259 e. The molecule has 0 radical (unpaired) electrons. The zero-order valence-electron chi connectivity index (χ0n) is 31.0. The molecule has 1 aliphatic heterocycles. The number of anilines is 1. The van der Waals surface area contributed by atoms with E-state index in [1.165, 1.54) is 16.8 Å². The van der Waals surface area contributed by atoms with Gasteiger partial charge in [0.05, 0.1) is 19.0 Å². The van der Waals surface area contributed by atoms with E-state index in [1.54, 1.807) is 53.1 Å². The van der Waals surface area contributed by atoms with Gasteiger partial charge in [-0.05, 0) is 64.8 Å². The predicted octanol–water partition coefficient (Wildman–Crippen LogP) is 8.54. The van der Waals surface area contributed by atoms with E-state index in [-0.39, 0.29) is 35.5 Å². The first-order chi connectivity index (χ1) is 24.4. The van der Waals surface area contributed by atoms with Crippen molar-refractivity contribution in [1.29, 1.82) is 0 Å². The monoisotopic (exact) mass is 741 g/mol. The Morgan fingerprint density at radius 2 is 1.78 bits per heavy atom. The lowest BCUT2D eigenvalue weighted by Gasteiger charge is -2.38. The third-order valence-corrected chi connectivity index (χ3v) is 13.4. The van der Waals surface area contributed by atoms with Crippen molar-refractivity contribution in [1.82, 2.24) is 24.2 Å². The van der Waals surface area contributed by atoms with Gasteiger partial charge in [0, 0.05) is 35.8 Å². The van der Waals surface area contributed by atoms with Crippen LogP contribution in [0.5, 0.6) is 0 Å².